The lowest BCUT2D eigenvalue weighted by molar-refractivity contribution is -0.123. The number of rotatable bonds is 6. The fourth-order valence-electron chi connectivity index (χ4n) is 7.20. The number of benzene rings is 1. The van der Waals surface area contributed by atoms with Crippen LogP contribution in [-0.4, -0.2) is 77.0 Å². The lowest BCUT2D eigenvalue weighted by Gasteiger charge is -2.50. The van der Waals surface area contributed by atoms with Crippen molar-refractivity contribution in [2.24, 2.45) is 34.0 Å². The highest BCUT2D eigenvalue weighted by Crippen LogP contribution is 2.50. The largest absolute Gasteiger partial charge is 0.495 e. The van der Waals surface area contributed by atoms with E-state index in [-0.39, 0.29) is 51.4 Å². The second kappa shape index (κ2) is 14.5. The number of aromatic nitrogens is 3. The Bertz CT molecular complexity index is 1840. The first-order chi connectivity index (χ1) is 24.2. The highest BCUT2D eigenvalue weighted by molar-refractivity contribution is 6.05. The van der Waals surface area contributed by atoms with Crippen molar-refractivity contribution >= 4 is 35.0 Å². The summed E-state index contributed by atoms with van der Waals surface area (Å²) >= 11 is 0. The Kier molecular flexibility index (Phi) is 10.7. The molecule has 1 saturated heterocycles. The minimum Gasteiger partial charge on any atom is -0.495 e. The molecule has 52 heavy (non-hydrogen) atoms. The predicted molar refractivity (Wildman–Crippen MR) is 198 cm³/mol. The summed E-state index contributed by atoms with van der Waals surface area (Å²) in [5, 5.41) is 6.07. The van der Waals surface area contributed by atoms with Crippen molar-refractivity contribution < 1.29 is 33.3 Å². The van der Waals surface area contributed by atoms with E-state index >= 15 is 0 Å². The van der Waals surface area contributed by atoms with Gasteiger partial charge in [0.1, 0.15) is 17.4 Å². The van der Waals surface area contributed by atoms with Crippen LogP contribution in [0.25, 0.3) is 21.9 Å². The molecule has 2 fully saturated rings. The maximum absolute atomic E-state index is 14.6. The number of hydrogen-bond acceptors (Lipinski definition) is 8. The summed E-state index contributed by atoms with van der Waals surface area (Å²) in [6.45, 7) is 30.3. The highest BCUT2D eigenvalue weighted by atomic mass is 16.6. The van der Waals surface area contributed by atoms with Crippen molar-refractivity contribution in [3.63, 3.8) is 0 Å². The van der Waals surface area contributed by atoms with Crippen molar-refractivity contribution in [2.45, 2.75) is 88.2 Å². The van der Waals surface area contributed by atoms with Gasteiger partial charge in [-0.3, -0.25) is 9.89 Å². The normalized spacial score (nSPS) is 21.4. The van der Waals surface area contributed by atoms with Crippen molar-refractivity contribution in [1.82, 2.24) is 19.5 Å². The molecule has 3 heterocycles. The van der Waals surface area contributed by atoms with E-state index in [1.54, 1.807) is 18.2 Å². The molecule has 0 bridgehead atoms. The maximum atomic E-state index is 14.6. The molecule has 2 atom stereocenters. The first kappa shape index (κ1) is 38.7. The summed E-state index contributed by atoms with van der Waals surface area (Å²) in [5.74, 6) is 0.240. The van der Waals surface area contributed by atoms with E-state index in [4.69, 9.17) is 30.5 Å². The number of carbonyl (C=O) groups is 3. The second-order valence-electron chi connectivity index (χ2n) is 17.3. The molecule has 5 rings (SSSR count). The number of hydrogen-bond donors (Lipinski definition) is 2. The summed E-state index contributed by atoms with van der Waals surface area (Å²) in [5.41, 5.74) is -0.190. The van der Waals surface area contributed by atoms with Gasteiger partial charge in [-0.05, 0) is 47.8 Å². The van der Waals surface area contributed by atoms with Gasteiger partial charge in [-0.2, -0.15) is 0 Å². The molecule has 2 amide bonds. The molecule has 0 radical (unpaired) electrons. The maximum Gasteiger partial charge on any atom is 0.415 e. The summed E-state index contributed by atoms with van der Waals surface area (Å²) in [4.78, 5) is 50.9. The van der Waals surface area contributed by atoms with E-state index in [0.717, 1.165) is 12.8 Å². The number of anilines is 1. The van der Waals surface area contributed by atoms with Crippen molar-refractivity contribution in [2.75, 3.05) is 38.7 Å². The summed E-state index contributed by atoms with van der Waals surface area (Å²) < 4.78 is 24.7. The van der Waals surface area contributed by atoms with Crippen LogP contribution >= 0.6 is 0 Å². The zero-order valence-corrected chi connectivity index (χ0v) is 32.4. The van der Waals surface area contributed by atoms with Crippen LogP contribution < -0.4 is 14.8 Å². The van der Waals surface area contributed by atoms with E-state index in [2.05, 4.69) is 63.7 Å². The van der Waals surface area contributed by atoms with Gasteiger partial charge in [0, 0.05) is 35.9 Å². The number of aromatic amines is 1. The number of methoxy groups -OCH3 is 1. The first-order valence-corrected chi connectivity index (χ1v) is 18.0. The van der Waals surface area contributed by atoms with E-state index < -0.39 is 23.6 Å². The lowest BCUT2D eigenvalue weighted by atomic mass is 9.59. The van der Waals surface area contributed by atoms with Crippen LogP contribution in [0.3, 0.4) is 0 Å². The van der Waals surface area contributed by atoms with Crippen LogP contribution in [0.5, 0.6) is 11.6 Å². The molecule has 1 aromatic carbocycles. The minimum absolute atomic E-state index is 0.0633. The van der Waals surface area contributed by atoms with Crippen LogP contribution in [0, 0.1) is 40.6 Å². The van der Waals surface area contributed by atoms with Crippen molar-refractivity contribution in [3.05, 3.63) is 35.2 Å². The SMILES string of the molecule is [C-]#[N+]c1c(C(=O)OC2C(C(C)(C)C)CC(C)CC2C(C)(C)C)c2nc(-c3ccc(OC)c(NC(=O)C(C)(C)C)c3)[nH]n2c1OC(=O)N1CCOCC1. The molecule has 13 heteroatoms. The van der Waals surface area contributed by atoms with Crippen LogP contribution in [0.15, 0.2) is 18.2 Å². The van der Waals surface area contributed by atoms with Gasteiger partial charge < -0.3 is 29.2 Å². The predicted octanol–water partition coefficient (Wildman–Crippen LogP) is 7.98. The smallest absolute Gasteiger partial charge is 0.415 e. The molecule has 2 N–H and O–H groups in total. The third-order valence-corrected chi connectivity index (χ3v) is 10.3. The lowest BCUT2D eigenvalue weighted by Crippen LogP contribution is -2.49. The van der Waals surface area contributed by atoms with Crippen LogP contribution in [0.2, 0.25) is 0 Å². The van der Waals surface area contributed by atoms with Gasteiger partial charge >= 0.3 is 12.1 Å². The topological polar surface area (TPSA) is 141 Å². The Morgan fingerprint density at radius 1 is 1.00 bits per heavy atom. The molecule has 13 nitrogen and oxygen atoms in total. The zero-order chi connectivity index (χ0) is 38.3. The van der Waals surface area contributed by atoms with Crippen molar-refractivity contribution in [3.8, 4) is 23.0 Å². The average molecular weight is 719 g/mol. The fourth-order valence-corrected chi connectivity index (χ4v) is 7.20. The Balaban J connectivity index is 1.64. The van der Waals surface area contributed by atoms with Gasteiger partial charge in [-0.1, -0.05) is 69.2 Å². The molecule has 2 unspecified atom stereocenters. The van der Waals surface area contributed by atoms with Crippen LogP contribution in [0.1, 0.15) is 92.4 Å². The third-order valence-electron chi connectivity index (χ3n) is 10.3. The molecule has 2 aliphatic rings. The number of nitrogens with one attached hydrogen (secondary N) is 2. The van der Waals surface area contributed by atoms with E-state index in [1.807, 2.05) is 20.8 Å². The van der Waals surface area contributed by atoms with Gasteiger partial charge in [0.2, 0.25) is 11.8 Å². The Labute approximate surface area is 306 Å². The van der Waals surface area contributed by atoms with Crippen molar-refractivity contribution in [1.29, 1.82) is 0 Å². The molecule has 1 saturated carbocycles. The summed E-state index contributed by atoms with van der Waals surface area (Å²) in [7, 11) is 1.51. The number of nitrogens with zero attached hydrogens (tertiary/aromatic N) is 4. The number of carbonyl (C=O) groups excluding carboxylic acids is 3. The number of amides is 2. The molecule has 1 aliphatic heterocycles. The fraction of sp³-hybridized carbons (Fsp3) is 0.615. The Hall–Kier alpha value is -4.57. The number of morpholine rings is 1. The minimum atomic E-state index is -0.703. The molecular weight excluding hydrogens is 664 g/mol. The molecule has 3 aromatic rings. The number of ether oxygens (including phenoxy) is 4. The molecule has 1 aliphatic carbocycles. The third kappa shape index (κ3) is 7.92. The van der Waals surface area contributed by atoms with Gasteiger partial charge in [0.05, 0.1) is 32.6 Å². The van der Waals surface area contributed by atoms with E-state index in [1.165, 1.54) is 16.5 Å². The standard InChI is InChI=1S/C39H54N6O7/c1-22-19-24(37(2,3)4)30(25(20-22)38(5,6)7)51-34(46)28-29(40-11)33(52-36(48)44-15-17-50-18-16-44)45-32(28)42-31(43-45)23-13-14-27(49-12)26(21-23)41-35(47)39(8,9)10/h13-14,21-22,24-25,30H,15-20H2,1-10,12H3,(H,41,47)(H,42,43). The summed E-state index contributed by atoms with van der Waals surface area (Å²) in [6.07, 6.45) is 0.692. The van der Waals surface area contributed by atoms with Crippen LogP contribution in [0.4, 0.5) is 16.2 Å². The van der Waals surface area contributed by atoms with Gasteiger partial charge in [0.15, 0.2) is 11.5 Å². The van der Waals surface area contributed by atoms with Gasteiger partial charge in [-0.25, -0.2) is 23.9 Å². The summed E-state index contributed by atoms with van der Waals surface area (Å²) in [6, 6.07) is 5.16. The number of H-pyrrole nitrogens is 1. The molecule has 282 valence electrons. The number of fused-ring (bicyclic) bond motifs is 1. The van der Waals surface area contributed by atoms with Gasteiger partial charge in [-0.15, -0.1) is 0 Å². The van der Waals surface area contributed by atoms with Crippen LogP contribution in [-0.2, 0) is 14.3 Å². The molecule has 0 spiro atoms. The molecular formula is C39H54N6O7. The number of esters is 1. The molecule has 2 aromatic heterocycles. The first-order valence-electron chi connectivity index (χ1n) is 18.0. The van der Waals surface area contributed by atoms with Gasteiger partial charge in [0.25, 0.3) is 5.69 Å². The highest BCUT2D eigenvalue weighted by Gasteiger charge is 2.48. The average Bonchev–Trinajstić information content (AvgIpc) is 3.61. The Morgan fingerprint density at radius 2 is 1.62 bits per heavy atom. The second-order valence-corrected chi connectivity index (χ2v) is 17.3. The Morgan fingerprint density at radius 3 is 2.15 bits per heavy atom. The zero-order valence-electron chi connectivity index (χ0n) is 32.4. The van der Waals surface area contributed by atoms with E-state index in [9.17, 15) is 14.4 Å². The van der Waals surface area contributed by atoms with E-state index in [0.29, 0.717) is 55.0 Å². The quantitative estimate of drug-likeness (QED) is 0.193. The monoisotopic (exact) mass is 718 g/mol.